The van der Waals surface area contributed by atoms with Crippen LogP contribution in [0.1, 0.15) is 25.3 Å². The Morgan fingerprint density at radius 1 is 1.04 bits per heavy atom. The SMILES string of the molecule is Cc1ccc(NC(=O)N2CCC([C@H](C)C(=O)Nc3cccc(Cl)c3)CC2)cc1. The van der Waals surface area contributed by atoms with E-state index in [9.17, 15) is 9.59 Å². The smallest absolute Gasteiger partial charge is 0.321 e. The molecule has 148 valence electrons. The van der Waals surface area contributed by atoms with Crippen LogP contribution in [0.5, 0.6) is 0 Å². The zero-order valence-corrected chi connectivity index (χ0v) is 17.0. The van der Waals surface area contributed by atoms with E-state index in [0.717, 1.165) is 24.1 Å². The monoisotopic (exact) mass is 399 g/mol. The van der Waals surface area contributed by atoms with Gasteiger partial charge in [0.2, 0.25) is 5.91 Å². The van der Waals surface area contributed by atoms with E-state index in [0.29, 0.717) is 23.8 Å². The van der Waals surface area contributed by atoms with E-state index in [1.54, 1.807) is 12.1 Å². The molecule has 1 atom stereocenters. The van der Waals surface area contributed by atoms with Crippen LogP contribution in [0.3, 0.4) is 0 Å². The third kappa shape index (κ3) is 5.26. The van der Waals surface area contributed by atoms with Crippen molar-refractivity contribution in [3.8, 4) is 0 Å². The van der Waals surface area contributed by atoms with E-state index in [1.165, 1.54) is 0 Å². The highest BCUT2D eigenvalue weighted by Crippen LogP contribution is 2.27. The minimum Gasteiger partial charge on any atom is -0.326 e. The molecule has 0 bridgehead atoms. The molecule has 3 rings (SSSR count). The number of nitrogens with zero attached hydrogens (tertiary/aromatic N) is 1. The zero-order valence-electron chi connectivity index (χ0n) is 16.2. The standard InChI is InChI=1S/C22H26ClN3O2/c1-15-6-8-19(9-7-15)25-22(28)26-12-10-17(11-13-26)16(2)21(27)24-20-5-3-4-18(23)14-20/h3-9,14,16-17H,10-13H2,1-2H3,(H,24,27)(H,25,28)/t16-/m0/s1. The largest absolute Gasteiger partial charge is 0.326 e. The second kappa shape index (κ2) is 9.11. The molecular formula is C22H26ClN3O2. The van der Waals surface area contributed by atoms with E-state index in [2.05, 4.69) is 10.6 Å². The number of halogens is 1. The maximum atomic E-state index is 12.6. The van der Waals surface area contributed by atoms with Crippen LogP contribution in [0.2, 0.25) is 5.02 Å². The van der Waals surface area contributed by atoms with E-state index >= 15 is 0 Å². The van der Waals surface area contributed by atoms with Gasteiger partial charge in [-0.3, -0.25) is 4.79 Å². The number of anilines is 2. The van der Waals surface area contributed by atoms with Gasteiger partial charge in [0.15, 0.2) is 0 Å². The van der Waals surface area contributed by atoms with Gasteiger partial charge in [0, 0.05) is 35.4 Å². The van der Waals surface area contributed by atoms with Crippen molar-refractivity contribution in [3.05, 3.63) is 59.1 Å². The summed E-state index contributed by atoms with van der Waals surface area (Å²) in [6.07, 6.45) is 1.62. The fraction of sp³-hybridized carbons (Fsp3) is 0.364. The van der Waals surface area contributed by atoms with Gasteiger partial charge in [0.05, 0.1) is 0 Å². The molecule has 2 aromatic carbocycles. The summed E-state index contributed by atoms with van der Waals surface area (Å²) in [5.74, 6) is 0.119. The molecule has 0 aliphatic carbocycles. The van der Waals surface area contributed by atoms with Crippen LogP contribution >= 0.6 is 11.6 Å². The van der Waals surface area contributed by atoms with Gasteiger partial charge in [-0.25, -0.2) is 4.79 Å². The number of urea groups is 1. The summed E-state index contributed by atoms with van der Waals surface area (Å²) in [4.78, 5) is 26.8. The molecule has 0 saturated carbocycles. The van der Waals surface area contributed by atoms with Gasteiger partial charge in [0.25, 0.3) is 0 Å². The van der Waals surface area contributed by atoms with Crippen molar-refractivity contribution in [1.29, 1.82) is 0 Å². The second-order valence-corrected chi connectivity index (χ2v) is 7.85. The zero-order chi connectivity index (χ0) is 20.1. The van der Waals surface area contributed by atoms with Gasteiger partial charge in [-0.15, -0.1) is 0 Å². The summed E-state index contributed by atoms with van der Waals surface area (Å²) in [6.45, 7) is 5.26. The van der Waals surface area contributed by atoms with Crippen molar-refractivity contribution < 1.29 is 9.59 Å². The normalized spacial score (nSPS) is 15.8. The molecule has 6 heteroatoms. The van der Waals surface area contributed by atoms with Crippen LogP contribution in [0, 0.1) is 18.8 Å². The van der Waals surface area contributed by atoms with Crippen LogP contribution in [-0.2, 0) is 4.79 Å². The number of carbonyl (C=O) groups excluding carboxylic acids is 2. The number of amides is 3. The van der Waals surface area contributed by atoms with Gasteiger partial charge in [-0.1, -0.05) is 42.3 Å². The fourth-order valence-corrected chi connectivity index (χ4v) is 3.67. The first-order valence-electron chi connectivity index (χ1n) is 9.61. The number of rotatable bonds is 4. The number of piperidine rings is 1. The van der Waals surface area contributed by atoms with E-state index in [4.69, 9.17) is 11.6 Å². The van der Waals surface area contributed by atoms with Crippen LogP contribution in [0.4, 0.5) is 16.2 Å². The molecule has 1 fully saturated rings. The van der Waals surface area contributed by atoms with Gasteiger partial charge >= 0.3 is 6.03 Å². The van der Waals surface area contributed by atoms with Crippen molar-refractivity contribution >= 4 is 34.9 Å². The van der Waals surface area contributed by atoms with Gasteiger partial charge in [-0.2, -0.15) is 0 Å². The Balaban J connectivity index is 1.49. The summed E-state index contributed by atoms with van der Waals surface area (Å²) in [5.41, 5.74) is 2.66. The van der Waals surface area contributed by atoms with Crippen LogP contribution in [0.15, 0.2) is 48.5 Å². The Morgan fingerprint density at radius 3 is 2.36 bits per heavy atom. The number of aryl methyl sites for hydroxylation is 1. The summed E-state index contributed by atoms with van der Waals surface area (Å²) in [6, 6.07) is 14.8. The lowest BCUT2D eigenvalue weighted by atomic mass is 9.85. The molecule has 5 nitrogen and oxygen atoms in total. The quantitative estimate of drug-likeness (QED) is 0.745. The van der Waals surface area contributed by atoms with Crippen LogP contribution in [0.25, 0.3) is 0 Å². The second-order valence-electron chi connectivity index (χ2n) is 7.41. The Morgan fingerprint density at radius 2 is 1.71 bits per heavy atom. The van der Waals surface area contributed by atoms with Crippen molar-refractivity contribution in [3.63, 3.8) is 0 Å². The highest BCUT2D eigenvalue weighted by Gasteiger charge is 2.30. The lowest BCUT2D eigenvalue weighted by Gasteiger charge is -2.34. The maximum absolute atomic E-state index is 12.6. The Labute approximate surface area is 171 Å². The minimum atomic E-state index is -0.124. The first kappa shape index (κ1) is 20.2. The molecular weight excluding hydrogens is 374 g/mol. The molecule has 2 N–H and O–H groups in total. The molecule has 1 aliphatic rings. The third-order valence-electron chi connectivity index (χ3n) is 5.34. The number of hydrogen-bond acceptors (Lipinski definition) is 2. The van der Waals surface area contributed by atoms with Crippen molar-refractivity contribution in [2.45, 2.75) is 26.7 Å². The summed E-state index contributed by atoms with van der Waals surface area (Å²) >= 11 is 5.97. The molecule has 2 aromatic rings. The number of likely N-dealkylation sites (tertiary alicyclic amines) is 1. The first-order valence-corrected chi connectivity index (χ1v) is 9.99. The van der Waals surface area contributed by atoms with E-state index in [-0.39, 0.29) is 23.8 Å². The highest BCUT2D eigenvalue weighted by atomic mass is 35.5. The summed E-state index contributed by atoms with van der Waals surface area (Å²) < 4.78 is 0. The molecule has 0 unspecified atom stereocenters. The lowest BCUT2D eigenvalue weighted by molar-refractivity contribution is -0.121. The topological polar surface area (TPSA) is 61.4 Å². The van der Waals surface area contributed by atoms with Crippen molar-refractivity contribution in [2.75, 3.05) is 23.7 Å². The predicted molar refractivity (Wildman–Crippen MR) is 114 cm³/mol. The Hall–Kier alpha value is -2.53. The maximum Gasteiger partial charge on any atom is 0.321 e. The third-order valence-corrected chi connectivity index (χ3v) is 5.58. The molecule has 1 heterocycles. The molecule has 0 aromatic heterocycles. The van der Waals surface area contributed by atoms with E-state index in [1.807, 2.05) is 55.1 Å². The van der Waals surface area contributed by atoms with Crippen LogP contribution < -0.4 is 10.6 Å². The van der Waals surface area contributed by atoms with Gasteiger partial charge in [0.1, 0.15) is 0 Å². The van der Waals surface area contributed by atoms with Gasteiger partial charge in [-0.05, 0) is 56.0 Å². The average molecular weight is 400 g/mol. The minimum absolute atomic E-state index is 0.00942. The molecule has 0 radical (unpaired) electrons. The molecule has 0 spiro atoms. The number of nitrogens with one attached hydrogen (secondary N) is 2. The lowest BCUT2D eigenvalue weighted by Crippen LogP contribution is -2.43. The average Bonchev–Trinajstić information content (AvgIpc) is 2.69. The molecule has 28 heavy (non-hydrogen) atoms. The molecule has 1 saturated heterocycles. The molecule has 1 aliphatic heterocycles. The highest BCUT2D eigenvalue weighted by molar-refractivity contribution is 6.30. The van der Waals surface area contributed by atoms with E-state index < -0.39 is 0 Å². The predicted octanol–water partition coefficient (Wildman–Crippen LogP) is 5.17. The molecule has 3 amide bonds. The Bertz CT molecular complexity index is 830. The summed E-state index contributed by atoms with van der Waals surface area (Å²) in [5, 5.41) is 6.47. The van der Waals surface area contributed by atoms with Crippen molar-refractivity contribution in [1.82, 2.24) is 4.90 Å². The Kier molecular flexibility index (Phi) is 6.57. The number of hydrogen-bond donors (Lipinski definition) is 2. The van der Waals surface area contributed by atoms with Gasteiger partial charge < -0.3 is 15.5 Å². The number of benzene rings is 2. The summed E-state index contributed by atoms with van der Waals surface area (Å²) in [7, 11) is 0. The fourth-order valence-electron chi connectivity index (χ4n) is 3.48. The van der Waals surface area contributed by atoms with Crippen LogP contribution in [-0.4, -0.2) is 29.9 Å². The number of carbonyl (C=O) groups is 2. The van der Waals surface area contributed by atoms with Crippen molar-refractivity contribution in [2.24, 2.45) is 11.8 Å². The first-order chi connectivity index (χ1) is 13.4.